The first-order valence-corrected chi connectivity index (χ1v) is 10.6. The number of amides is 2. The van der Waals surface area contributed by atoms with Crippen molar-refractivity contribution < 1.29 is 18.8 Å². The molecule has 5 nitrogen and oxygen atoms in total. The fraction of sp³-hybridized carbons (Fsp3) is 0.522. The summed E-state index contributed by atoms with van der Waals surface area (Å²) < 4.78 is 13.0. The van der Waals surface area contributed by atoms with Crippen molar-refractivity contribution in [1.82, 2.24) is 9.80 Å². The zero-order valence-corrected chi connectivity index (χ0v) is 17.5. The minimum Gasteiger partial charge on any atom is -0.296 e. The van der Waals surface area contributed by atoms with Crippen molar-refractivity contribution in [3.05, 3.63) is 47.8 Å². The molecule has 0 N–H and O–H groups in total. The minimum absolute atomic E-state index is 0. The topological polar surface area (TPSA) is 57.7 Å². The molecule has 2 aliphatic carbocycles. The zero-order valence-electron chi connectivity index (χ0n) is 16.7. The molecular weight excluding hydrogens is 407 g/mol. The Labute approximate surface area is 181 Å². The van der Waals surface area contributed by atoms with Crippen LogP contribution in [0.15, 0.2) is 36.4 Å². The molecule has 2 saturated heterocycles. The lowest BCUT2D eigenvalue weighted by Gasteiger charge is -2.33. The number of hydrogen-bond acceptors (Lipinski definition) is 4. The van der Waals surface area contributed by atoms with Crippen LogP contribution in [0.1, 0.15) is 29.6 Å². The lowest BCUT2D eigenvalue weighted by molar-refractivity contribution is -0.141. The lowest BCUT2D eigenvalue weighted by atomic mass is 9.85. The lowest BCUT2D eigenvalue weighted by Crippen LogP contribution is -2.43. The van der Waals surface area contributed by atoms with Crippen LogP contribution in [0.25, 0.3) is 0 Å². The molecule has 1 aromatic rings. The van der Waals surface area contributed by atoms with Crippen LogP contribution < -0.4 is 0 Å². The van der Waals surface area contributed by atoms with E-state index in [2.05, 4.69) is 17.1 Å². The van der Waals surface area contributed by atoms with Crippen LogP contribution in [0.4, 0.5) is 4.39 Å². The van der Waals surface area contributed by atoms with Gasteiger partial charge in [-0.2, -0.15) is 0 Å². The number of fused-ring (bicyclic) bond motifs is 5. The van der Waals surface area contributed by atoms with Crippen LogP contribution in [0.5, 0.6) is 0 Å². The molecule has 2 heterocycles. The second-order valence-electron chi connectivity index (χ2n) is 8.94. The number of benzene rings is 1. The maximum Gasteiger partial charge on any atom is 0.233 e. The van der Waals surface area contributed by atoms with Crippen LogP contribution >= 0.6 is 12.4 Å². The van der Waals surface area contributed by atoms with Crippen LogP contribution in [0, 0.1) is 35.4 Å². The summed E-state index contributed by atoms with van der Waals surface area (Å²) in [5.74, 6) is 0.278. The van der Waals surface area contributed by atoms with Gasteiger partial charge in [-0.25, -0.2) is 4.39 Å². The number of ketones is 1. The van der Waals surface area contributed by atoms with E-state index in [-0.39, 0.29) is 59.5 Å². The molecule has 0 aromatic heterocycles. The molecule has 7 heteroatoms. The highest BCUT2D eigenvalue weighted by Crippen LogP contribution is 2.52. The first kappa shape index (κ1) is 21.2. The highest BCUT2D eigenvalue weighted by Gasteiger charge is 2.59. The Bertz CT molecular complexity index is 849. The van der Waals surface area contributed by atoms with Crippen molar-refractivity contribution in [1.29, 1.82) is 0 Å². The first-order valence-electron chi connectivity index (χ1n) is 10.6. The Morgan fingerprint density at radius 1 is 0.967 bits per heavy atom. The van der Waals surface area contributed by atoms with Gasteiger partial charge in [-0.1, -0.05) is 12.2 Å². The van der Waals surface area contributed by atoms with Crippen molar-refractivity contribution in [3.8, 4) is 0 Å². The molecule has 5 rings (SSSR count). The molecule has 4 unspecified atom stereocenters. The number of likely N-dealkylation sites (tertiary alicyclic amines) is 2. The molecule has 0 spiro atoms. The number of hydrogen-bond donors (Lipinski definition) is 0. The number of imide groups is 1. The first-order chi connectivity index (χ1) is 14.0. The predicted molar refractivity (Wildman–Crippen MR) is 112 cm³/mol. The summed E-state index contributed by atoms with van der Waals surface area (Å²) in [5.41, 5.74) is 0.525. The SMILES string of the molecule is Cl.O=C(CN1CCC(CN2C(=O)C3C4C=CC(C4)C3C2=O)CC1)c1ccc(F)cc1. The number of carbonyl (C=O) groups is 3. The molecule has 30 heavy (non-hydrogen) atoms. The van der Waals surface area contributed by atoms with Gasteiger partial charge in [-0.15, -0.1) is 12.4 Å². The van der Waals surface area contributed by atoms with E-state index in [1.807, 2.05) is 0 Å². The van der Waals surface area contributed by atoms with Crippen molar-refractivity contribution in [2.75, 3.05) is 26.2 Å². The Morgan fingerprint density at radius 2 is 1.53 bits per heavy atom. The van der Waals surface area contributed by atoms with Gasteiger partial charge >= 0.3 is 0 Å². The van der Waals surface area contributed by atoms with Crippen LogP contribution in [-0.2, 0) is 9.59 Å². The van der Waals surface area contributed by atoms with Crippen molar-refractivity contribution in [3.63, 3.8) is 0 Å². The van der Waals surface area contributed by atoms with Gasteiger partial charge in [0.05, 0.1) is 18.4 Å². The Kier molecular flexibility index (Phi) is 5.82. The predicted octanol–water partition coefficient (Wildman–Crippen LogP) is 2.95. The smallest absolute Gasteiger partial charge is 0.233 e. The minimum atomic E-state index is -0.346. The van der Waals surface area contributed by atoms with E-state index >= 15 is 0 Å². The van der Waals surface area contributed by atoms with Gasteiger partial charge in [0.1, 0.15) is 5.82 Å². The van der Waals surface area contributed by atoms with E-state index in [0.717, 1.165) is 32.4 Å². The third-order valence-corrected chi connectivity index (χ3v) is 7.24. The quantitative estimate of drug-likeness (QED) is 0.408. The molecule has 2 bridgehead atoms. The largest absolute Gasteiger partial charge is 0.296 e. The molecule has 1 aromatic carbocycles. The van der Waals surface area contributed by atoms with Gasteiger partial charge in [0.25, 0.3) is 0 Å². The summed E-state index contributed by atoms with van der Waals surface area (Å²) in [6.45, 7) is 2.38. The highest BCUT2D eigenvalue weighted by atomic mass is 35.5. The van der Waals surface area contributed by atoms with Crippen LogP contribution in [-0.4, -0.2) is 53.6 Å². The number of Topliss-reactive ketones (excluding diaryl/α,β-unsaturated/α-hetero) is 1. The molecule has 0 radical (unpaired) electrons. The van der Waals surface area contributed by atoms with Crippen molar-refractivity contribution in [2.24, 2.45) is 29.6 Å². The summed E-state index contributed by atoms with van der Waals surface area (Å²) in [4.78, 5) is 41.7. The average molecular weight is 433 g/mol. The van der Waals surface area contributed by atoms with E-state index in [1.54, 1.807) is 0 Å². The number of rotatable bonds is 5. The van der Waals surface area contributed by atoms with Crippen LogP contribution in [0.2, 0.25) is 0 Å². The third kappa shape index (κ3) is 3.60. The molecule has 2 aliphatic heterocycles. The van der Waals surface area contributed by atoms with E-state index < -0.39 is 0 Å². The molecule has 4 atom stereocenters. The van der Waals surface area contributed by atoms with Gasteiger partial charge in [0.15, 0.2) is 5.78 Å². The molecule has 3 fully saturated rings. The zero-order chi connectivity index (χ0) is 20.1. The van der Waals surface area contributed by atoms with Gasteiger partial charge < -0.3 is 0 Å². The molecule has 1 saturated carbocycles. The average Bonchev–Trinajstić information content (AvgIpc) is 3.40. The second kappa shape index (κ2) is 8.23. The summed E-state index contributed by atoms with van der Waals surface area (Å²) in [5, 5.41) is 0. The molecule has 2 amide bonds. The maximum absolute atomic E-state index is 13.0. The Morgan fingerprint density at radius 3 is 2.10 bits per heavy atom. The summed E-state index contributed by atoms with van der Waals surface area (Å²) in [6, 6.07) is 5.66. The normalized spacial score (nSPS) is 30.6. The molecule has 160 valence electrons. The summed E-state index contributed by atoms with van der Waals surface area (Å²) >= 11 is 0. The van der Waals surface area contributed by atoms with Crippen molar-refractivity contribution in [2.45, 2.75) is 19.3 Å². The fourth-order valence-electron chi connectivity index (χ4n) is 5.66. The number of carbonyl (C=O) groups excluding carboxylic acids is 3. The van der Waals surface area contributed by atoms with E-state index in [1.165, 1.54) is 29.2 Å². The van der Waals surface area contributed by atoms with E-state index in [0.29, 0.717) is 24.6 Å². The number of halogens is 2. The van der Waals surface area contributed by atoms with Gasteiger partial charge in [0.2, 0.25) is 11.8 Å². The van der Waals surface area contributed by atoms with E-state index in [4.69, 9.17) is 0 Å². The second-order valence-corrected chi connectivity index (χ2v) is 8.94. The Balaban J connectivity index is 0.00000218. The standard InChI is InChI=1S/C23H25FN2O3.ClH/c24-18-5-3-15(4-6-18)19(27)13-25-9-7-14(8-10-25)12-26-22(28)20-16-1-2-17(11-16)21(20)23(26)29;/h1-6,14,16-17,20-21H,7-13H2;1H. The highest BCUT2D eigenvalue weighted by molar-refractivity contribution is 6.06. The number of nitrogens with zero attached hydrogens (tertiary/aromatic N) is 2. The maximum atomic E-state index is 13.0. The monoisotopic (exact) mass is 432 g/mol. The van der Waals surface area contributed by atoms with Crippen LogP contribution in [0.3, 0.4) is 0 Å². The van der Waals surface area contributed by atoms with Crippen molar-refractivity contribution >= 4 is 30.0 Å². The summed E-state index contributed by atoms with van der Waals surface area (Å²) in [6.07, 6.45) is 6.94. The molecule has 4 aliphatic rings. The molecular formula is C23H26ClFN2O3. The Hall–Kier alpha value is -2.05. The van der Waals surface area contributed by atoms with Gasteiger partial charge in [-0.05, 0) is 74.4 Å². The summed E-state index contributed by atoms with van der Waals surface area (Å²) in [7, 11) is 0. The number of allylic oxidation sites excluding steroid dienone is 2. The third-order valence-electron chi connectivity index (χ3n) is 7.24. The number of piperidine rings is 1. The van der Waals surface area contributed by atoms with Gasteiger partial charge in [0, 0.05) is 12.1 Å². The fourth-order valence-corrected chi connectivity index (χ4v) is 5.66. The van der Waals surface area contributed by atoms with Gasteiger partial charge in [-0.3, -0.25) is 24.2 Å². The van der Waals surface area contributed by atoms with E-state index in [9.17, 15) is 18.8 Å².